The van der Waals surface area contributed by atoms with Gasteiger partial charge in [0.1, 0.15) is 17.7 Å². The van der Waals surface area contributed by atoms with Crippen LogP contribution in [0.2, 0.25) is 0 Å². The molecule has 15 heavy (non-hydrogen) atoms. The van der Waals surface area contributed by atoms with Gasteiger partial charge in [-0.2, -0.15) is 0 Å². The third kappa shape index (κ3) is 1.91. The van der Waals surface area contributed by atoms with E-state index in [4.69, 9.17) is 9.15 Å². The summed E-state index contributed by atoms with van der Waals surface area (Å²) in [7, 11) is 1.63. The lowest BCUT2D eigenvalue weighted by atomic mass is 10.2. The van der Waals surface area contributed by atoms with Crippen LogP contribution in [0.5, 0.6) is 5.75 Å². The van der Waals surface area contributed by atoms with Gasteiger partial charge >= 0.3 is 0 Å². The quantitative estimate of drug-likeness (QED) is 0.765. The monoisotopic (exact) mass is 201 g/mol. The number of methoxy groups -OCH3 is 1. The van der Waals surface area contributed by atoms with Gasteiger partial charge in [0.2, 0.25) is 5.89 Å². The van der Waals surface area contributed by atoms with Crippen molar-refractivity contribution < 1.29 is 9.15 Å². The number of ether oxygens (including phenoxy) is 1. The van der Waals surface area contributed by atoms with Crippen molar-refractivity contribution in [3.05, 3.63) is 42.8 Å². The molecule has 0 radical (unpaired) electrons. The molecule has 3 heteroatoms. The van der Waals surface area contributed by atoms with Crippen molar-refractivity contribution in [3.8, 4) is 17.2 Å². The number of hydrogen-bond acceptors (Lipinski definition) is 3. The molecule has 0 amide bonds. The molecule has 1 heterocycles. The SMILES string of the molecule is C=Cc1coc(-c2ccc(OC)cc2)n1. The van der Waals surface area contributed by atoms with Crippen LogP contribution in [0.1, 0.15) is 5.69 Å². The highest BCUT2D eigenvalue weighted by atomic mass is 16.5. The topological polar surface area (TPSA) is 35.3 Å². The Kier molecular flexibility index (Phi) is 2.54. The summed E-state index contributed by atoms with van der Waals surface area (Å²) >= 11 is 0. The Morgan fingerprint density at radius 2 is 2.07 bits per heavy atom. The molecule has 0 aliphatic heterocycles. The van der Waals surface area contributed by atoms with Crippen molar-refractivity contribution in [2.45, 2.75) is 0 Å². The van der Waals surface area contributed by atoms with Crippen LogP contribution in [-0.4, -0.2) is 12.1 Å². The van der Waals surface area contributed by atoms with Gasteiger partial charge in [-0.25, -0.2) is 4.98 Å². The minimum atomic E-state index is 0.590. The van der Waals surface area contributed by atoms with Crippen molar-refractivity contribution >= 4 is 6.08 Å². The van der Waals surface area contributed by atoms with Crippen molar-refractivity contribution in [2.24, 2.45) is 0 Å². The number of oxazole rings is 1. The predicted molar refractivity (Wildman–Crippen MR) is 58.6 cm³/mol. The number of benzene rings is 1. The van der Waals surface area contributed by atoms with Gasteiger partial charge in [-0.15, -0.1) is 0 Å². The molecule has 0 saturated heterocycles. The highest BCUT2D eigenvalue weighted by Crippen LogP contribution is 2.21. The van der Waals surface area contributed by atoms with E-state index in [1.165, 1.54) is 0 Å². The van der Waals surface area contributed by atoms with E-state index in [9.17, 15) is 0 Å². The van der Waals surface area contributed by atoms with E-state index in [1.807, 2.05) is 24.3 Å². The Morgan fingerprint density at radius 1 is 1.33 bits per heavy atom. The summed E-state index contributed by atoms with van der Waals surface area (Å²) in [6.07, 6.45) is 3.23. The fourth-order valence-electron chi connectivity index (χ4n) is 1.25. The van der Waals surface area contributed by atoms with Crippen LogP contribution in [0.25, 0.3) is 17.5 Å². The van der Waals surface area contributed by atoms with Crippen molar-refractivity contribution in [3.63, 3.8) is 0 Å². The number of nitrogens with zero attached hydrogens (tertiary/aromatic N) is 1. The second-order valence-corrected chi connectivity index (χ2v) is 3.01. The molecule has 0 aliphatic carbocycles. The van der Waals surface area contributed by atoms with Gasteiger partial charge in [0.05, 0.1) is 7.11 Å². The second-order valence-electron chi connectivity index (χ2n) is 3.01. The van der Waals surface area contributed by atoms with Crippen molar-refractivity contribution in [2.75, 3.05) is 7.11 Å². The molecule has 1 aromatic heterocycles. The van der Waals surface area contributed by atoms with Gasteiger partial charge in [0, 0.05) is 5.56 Å². The average Bonchev–Trinajstić information content (AvgIpc) is 2.78. The minimum absolute atomic E-state index is 0.590. The third-order valence-electron chi connectivity index (χ3n) is 2.07. The van der Waals surface area contributed by atoms with Crippen LogP contribution in [-0.2, 0) is 0 Å². The van der Waals surface area contributed by atoms with Gasteiger partial charge < -0.3 is 9.15 Å². The van der Waals surface area contributed by atoms with Crippen molar-refractivity contribution in [1.82, 2.24) is 4.98 Å². The predicted octanol–water partition coefficient (Wildman–Crippen LogP) is 2.99. The molecule has 0 fully saturated rings. The summed E-state index contributed by atoms with van der Waals surface area (Å²) in [5.41, 5.74) is 1.66. The van der Waals surface area contributed by atoms with E-state index in [0.717, 1.165) is 17.0 Å². The zero-order valence-electron chi connectivity index (χ0n) is 8.43. The van der Waals surface area contributed by atoms with E-state index in [1.54, 1.807) is 19.4 Å². The summed E-state index contributed by atoms with van der Waals surface area (Å²) in [5.74, 6) is 1.40. The molecule has 0 saturated carbocycles. The smallest absolute Gasteiger partial charge is 0.226 e. The summed E-state index contributed by atoms with van der Waals surface area (Å²) in [4.78, 5) is 4.23. The molecule has 3 nitrogen and oxygen atoms in total. The fraction of sp³-hybridized carbons (Fsp3) is 0.0833. The van der Waals surface area contributed by atoms with Gasteiger partial charge in [-0.05, 0) is 30.3 Å². The van der Waals surface area contributed by atoms with Crippen LogP contribution in [0.3, 0.4) is 0 Å². The molecule has 0 bridgehead atoms. The fourth-order valence-corrected chi connectivity index (χ4v) is 1.25. The molecule has 0 atom stereocenters. The Labute approximate surface area is 88.0 Å². The number of hydrogen-bond donors (Lipinski definition) is 0. The van der Waals surface area contributed by atoms with E-state index < -0.39 is 0 Å². The number of aromatic nitrogens is 1. The molecule has 0 spiro atoms. The first-order valence-corrected chi connectivity index (χ1v) is 4.56. The lowest BCUT2D eigenvalue weighted by molar-refractivity contribution is 0.415. The largest absolute Gasteiger partial charge is 0.497 e. The number of rotatable bonds is 3. The second kappa shape index (κ2) is 4.00. The van der Waals surface area contributed by atoms with E-state index in [2.05, 4.69) is 11.6 Å². The van der Waals surface area contributed by atoms with Crippen LogP contribution in [0, 0.1) is 0 Å². The highest BCUT2D eigenvalue weighted by Gasteiger charge is 2.04. The molecule has 76 valence electrons. The van der Waals surface area contributed by atoms with Gasteiger partial charge in [0.25, 0.3) is 0 Å². The van der Waals surface area contributed by atoms with Crippen LogP contribution in [0.15, 0.2) is 41.5 Å². The molecule has 0 unspecified atom stereocenters. The van der Waals surface area contributed by atoms with E-state index in [-0.39, 0.29) is 0 Å². The van der Waals surface area contributed by atoms with E-state index in [0.29, 0.717) is 5.89 Å². The molecule has 2 rings (SSSR count). The summed E-state index contributed by atoms with van der Waals surface area (Å²) in [6, 6.07) is 7.54. The first-order valence-electron chi connectivity index (χ1n) is 4.56. The zero-order chi connectivity index (χ0) is 10.7. The van der Waals surface area contributed by atoms with Gasteiger partial charge in [0.15, 0.2) is 0 Å². The Morgan fingerprint density at radius 3 is 2.60 bits per heavy atom. The normalized spacial score (nSPS) is 9.93. The molecular weight excluding hydrogens is 190 g/mol. The maximum atomic E-state index is 5.29. The van der Waals surface area contributed by atoms with Gasteiger partial charge in [-0.1, -0.05) is 6.58 Å². The first kappa shape index (κ1) is 9.52. The summed E-state index contributed by atoms with van der Waals surface area (Å²) in [5, 5.41) is 0. The zero-order valence-corrected chi connectivity index (χ0v) is 8.43. The standard InChI is InChI=1S/C12H11NO2/c1-3-10-8-15-12(13-10)9-4-6-11(14-2)7-5-9/h3-8H,1H2,2H3. The Hall–Kier alpha value is -2.03. The summed E-state index contributed by atoms with van der Waals surface area (Å²) in [6.45, 7) is 3.62. The molecule has 1 aromatic carbocycles. The minimum Gasteiger partial charge on any atom is -0.497 e. The van der Waals surface area contributed by atoms with E-state index >= 15 is 0 Å². The Balaban J connectivity index is 2.32. The Bertz CT molecular complexity index is 457. The maximum absolute atomic E-state index is 5.29. The molecule has 2 aromatic rings. The van der Waals surface area contributed by atoms with Gasteiger partial charge in [-0.3, -0.25) is 0 Å². The highest BCUT2D eigenvalue weighted by molar-refractivity contribution is 5.56. The third-order valence-corrected chi connectivity index (χ3v) is 2.07. The average molecular weight is 201 g/mol. The van der Waals surface area contributed by atoms with Crippen molar-refractivity contribution in [1.29, 1.82) is 0 Å². The molecular formula is C12H11NO2. The van der Waals surface area contributed by atoms with Crippen LogP contribution < -0.4 is 4.74 Å². The summed E-state index contributed by atoms with van der Waals surface area (Å²) < 4.78 is 10.4. The lowest BCUT2D eigenvalue weighted by Crippen LogP contribution is -1.82. The first-order chi connectivity index (χ1) is 7.33. The van der Waals surface area contributed by atoms with Crippen LogP contribution in [0.4, 0.5) is 0 Å². The molecule has 0 N–H and O–H groups in total. The maximum Gasteiger partial charge on any atom is 0.226 e. The molecule has 0 aliphatic rings. The van der Waals surface area contributed by atoms with Crippen LogP contribution >= 0.6 is 0 Å². The lowest BCUT2D eigenvalue weighted by Gasteiger charge is -1.99.